The Morgan fingerprint density at radius 2 is 1.85 bits per heavy atom. The van der Waals surface area contributed by atoms with Gasteiger partial charge < -0.3 is 29.9 Å². The Kier molecular flexibility index (Phi) is 8.17. The highest BCUT2D eigenvalue weighted by molar-refractivity contribution is 7.99. The maximum atomic E-state index is 12.3. The normalized spacial score (nSPS) is 15.3. The molecule has 1 saturated carbocycles. The number of carbonyl (C=O) groups excluding carboxylic acids is 2. The molecule has 1 aromatic carbocycles. The van der Waals surface area contributed by atoms with Crippen LogP contribution >= 0.6 is 11.8 Å². The molecule has 39 heavy (non-hydrogen) atoms. The Labute approximate surface area is 230 Å². The van der Waals surface area contributed by atoms with Crippen LogP contribution in [0.2, 0.25) is 0 Å². The minimum Gasteiger partial charge on any atom is -0.490 e. The number of rotatable bonds is 10. The molecule has 0 unspecified atom stereocenters. The van der Waals surface area contributed by atoms with Gasteiger partial charge in [0.05, 0.1) is 7.11 Å². The van der Waals surface area contributed by atoms with Gasteiger partial charge in [-0.15, -0.1) is 0 Å². The lowest BCUT2D eigenvalue weighted by atomic mass is 10.3. The number of hydrogen-bond donors (Lipinski definition) is 3. The molecule has 12 nitrogen and oxygen atoms in total. The lowest BCUT2D eigenvalue weighted by Crippen LogP contribution is -2.50. The SMILES string of the molecule is COCC(=O)N1CCN(c2nc(Sc3ccc(NC(=O)C4CC4)cc3)nc(Nc3cc(C)[nH]n3)c2OC)CC1. The lowest BCUT2D eigenvalue weighted by Gasteiger charge is -2.36. The maximum absolute atomic E-state index is 12.3. The Bertz CT molecular complexity index is 1320. The van der Waals surface area contributed by atoms with Crippen molar-refractivity contribution in [1.29, 1.82) is 0 Å². The van der Waals surface area contributed by atoms with Gasteiger partial charge in [-0.3, -0.25) is 14.7 Å². The number of amides is 2. The van der Waals surface area contributed by atoms with Crippen molar-refractivity contribution in [3.8, 4) is 5.75 Å². The van der Waals surface area contributed by atoms with Gasteiger partial charge in [-0.05, 0) is 55.8 Å². The standard InChI is InChI=1S/C26H32N8O4S/c1-16-14-20(32-31-16)28-23-22(38-3)24(34-12-10-33(11-13-34)21(35)15-37-2)30-26(29-23)39-19-8-6-18(7-9-19)27-25(36)17-4-5-17/h6-9,14,17H,4-5,10-13,15H2,1-3H3,(H,27,36)(H2,28,29,30,31,32). The molecule has 0 bridgehead atoms. The third-order valence-electron chi connectivity index (χ3n) is 6.46. The highest BCUT2D eigenvalue weighted by atomic mass is 32.2. The van der Waals surface area contributed by atoms with Crippen molar-refractivity contribution in [1.82, 2.24) is 25.1 Å². The second-order valence-corrected chi connectivity index (χ2v) is 10.5. The molecule has 1 aliphatic heterocycles. The van der Waals surface area contributed by atoms with E-state index in [1.165, 1.54) is 18.9 Å². The van der Waals surface area contributed by atoms with Gasteiger partial charge in [-0.2, -0.15) is 5.10 Å². The van der Waals surface area contributed by atoms with Crippen molar-refractivity contribution in [2.75, 3.05) is 62.5 Å². The molecule has 2 amide bonds. The lowest BCUT2D eigenvalue weighted by molar-refractivity contribution is -0.135. The number of piperazine rings is 1. The first-order chi connectivity index (χ1) is 18.9. The largest absolute Gasteiger partial charge is 0.490 e. The summed E-state index contributed by atoms with van der Waals surface area (Å²) in [6.45, 7) is 4.26. The first-order valence-corrected chi connectivity index (χ1v) is 13.6. The highest BCUT2D eigenvalue weighted by Gasteiger charge is 2.30. The number of nitrogens with zero attached hydrogens (tertiary/aromatic N) is 5. The van der Waals surface area contributed by atoms with Crippen molar-refractivity contribution in [2.24, 2.45) is 5.92 Å². The fourth-order valence-corrected chi connectivity index (χ4v) is 4.99. The molecule has 0 spiro atoms. The van der Waals surface area contributed by atoms with Crippen molar-refractivity contribution >= 4 is 46.7 Å². The summed E-state index contributed by atoms with van der Waals surface area (Å²) in [5, 5.41) is 13.9. The zero-order chi connectivity index (χ0) is 27.4. The van der Waals surface area contributed by atoms with Crippen molar-refractivity contribution in [3.05, 3.63) is 36.0 Å². The molecule has 3 N–H and O–H groups in total. The first-order valence-electron chi connectivity index (χ1n) is 12.8. The van der Waals surface area contributed by atoms with Crippen LogP contribution in [0.15, 0.2) is 40.4 Å². The number of methoxy groups -OCH3 is 2. The van der Waals surface area contributed by atoms with Crippen LogP contribution in [-0.2, 0) is 14.3 Å². The van der Waals surface area contributed by atoms with Gasteiger partial charge in [0.15, 0.2) is 22.6 Å². The molecule has 0 atom stereocenters. The minimum atomic E-state index is -0.0314. The van der Waals surface area contributed by atoms with Crippen molar-refractivity contribution in [2.45, 2.75) is 29.8 Å². The van der Waals surface area contributed by atoms with E-state index in [4.69, 9.17) is 19.4 Å². The van der Waals surface area contributed by atoms with Crippen LogP contribution in [0.5, 0.6) is 5.75 Å². The zero-order valence-corrected chi connectivity index (χ0v) is 23.0. The highest BCUT2D eigenvalue weighted by Crippen LogP contribution is 2.38. The molecule has 2 aliphatic rings. The van der Waals surface area contributed by atoms with Crippen LogP contribution < -0.4 is 20.3 Å². The van der Waals surface area contributed by atoms with E-state index in [0.29, 0.717) is 54.5 Å². The molecule has 13 heteroatoms. The summed E-state index contributed by atoms with van der Waals surface area (Å²) in [6, 6.07) is 9.52. The summed E-state index contributed by atoms with van der Waals surface area (Å²) in [5.74, 6) is 2.42. The van der Waals surface area contributed by atoms with E-state index in [2.05, 4.69) is 25.7 Å². The third kappa shape index (κ3) is 6.60. The quantitative estimate of drug-likeness (QED) is 0.322. The second kappa shape index (κ2) is 11.9. The molecular formula is C26H32N8O4S. The molecule has 3 aromatic rings. The number of aromatic nitrogens is 4. The van der Waals surface area contributed by atoms with Gasteiger partial charge in [0.1, 0.15) is 6.61 Å². The third-order valence-corrected chi connectivity index (χ3v) is 7.34. The van der Waals surface area contributed by atoms with E-state index in [0.717, 1.165) is 29.1 Å². The number of benzene rings is 1. The number of carbonyl (C=O) groups is 2. The summed E-state index contributed by atoms with van der Waals surface area (Å²) in [6.07, 6.45) is 1.92. The summed E-state index contributed by atoms with van der Waals surface area (Å²) >= 11 is 1.41. The predicted octanol–water partition coefficient (Wildman–Crippen LogP) is 3.06. The molecule has 1 saturated heterocycles. The summed E-state index contributed by atoms with van der Waals surface area (Å²) in [4.78, 5) is 38.8. The Morgan fingerprint density at radius 3 is 2.46 bits per heavy atom. The fourth-order valence-electron chi connectivity index (χ4n) is 4.24. The summed E-state index contributed by atoms with van der Waals surface area (Å²) < 4.78 is 10.8. The smallest absolute Gasteiger partial charge is 0.248 e. The molecule has 3 heterocycles. The molecule has 1 aliphatic carbocycles. The van der Waals surface area contributed by atoms with E-state index >= 15 is 0 Å². The molecule has 5 rings (SSSR count). The number of H-pyrrole nitrogens is 1. The van der Waals surface area contributed by atoms with Crippen LogP contribution in [-0.4, -0.2) is 83.9 Å². The molecule has 2 fully saturated rings. The Morgan fingerprint density at radius 1 is 1.10 bits per heavy atom. The number of aryl methyl sites for hydroxylation is 1. The van der Waals surface area contributed by atoms with Crippen LogP contribution in [0.25, 0.3) is 0 Å². The second-order valence-electron chi connectivity index (χ2n) is 9.46. The fraction of sp³-hybridized carbons (Fsp3) is 0.423. The summed E-state index contributed by atoms with van der Waals surface area (Å²) in [7, 11) is 3.11. The number of nitrogens with one attached hydrogen (secondary N) is 3. The van der Waals surface area contributed by atoms with Crippen LogP contribution in [0.1, 0.15) is 18.5 Å². The van der Waals surface area contributed by atoms with E-state index in [1.807, 2.05) is 37.3 Å². The van der Waals surface area contributed by atoms with Crippen molar-refractivity contribution in [3.63, 3.8) is 0 Å². The minimum absolute atomic E-state index is 0.0314. The van der Waals surface area contributed by atoms with E-state index in [-0.39, 0.29) is 24.3 Å². The maximum Gasteiger partial charge on any atom is 0.248 e. The molecule has 0 radical (unpaired) electrons. The number of aromatic amines is 1. The van der Waals surface area contributed by atoms with Gasteiger partial charge in [-0.1, -0.05) is 0 Å². The van der Waals surface area contributed by atoms with Gasteiger partial charge in [0.25, 0.3) is 0 Å². The zero-order valence-electron chi connectivity index (χ0n) is 22.2. The van der Waals surface area contributed by atoms with Gasteiger partial charge >= 0.3 is 0 Å². The van der Waals surface area contributed by atoms with Gasteiger partial charge in [-0.25, -0.2) is 9.97 Å². The van der Waals surface area contributed by atoms with E-state index in [9.17, 15) is 9.59 Å². The number of anilines is 4. The number of hydrogen-bond acceptors (Lipinski definition) is 10. The Balaban J connectivity index is 1.39. The van der Waals surface area contributed by atoms with E-state index < -0.39 is 0 Å². The molecule has 2 aromatic heterocycles. The topological polar surface area (TPSA) is 138 Å². The van der Waals surface area contributed by atoms with Crippen LogP contribution in [0.4, 0.5) is 23.1 Å². The monoisotopic (exact) mass is 552 g/mol. The molecule has 206 valence electrons. The number of ether oxygens (including phenoxy) is 2. The molecular weight excluding hydrogens is 520 g/mol. The van der Waals surface area contributed by atoms with Crippen molar-refractivity contribution < 1.29 is 19.1 Å². The van der Waals surface area contributed by atoms with Crippen LogP contribution in [0.3, 0.4) is 0 Å². The average Bonchev–Trinajstić information content (AvgIpc) is 3.72. The van der Waals surface area contributed by atoms with Gasteiger partial charge in [0.2, 0.25) is 17.6 Å². The summed E-state index contributed by atoms with van der Waals surface area (Å²) in [5.41, 5.74) is 1.68. The van der Waals surface area contributed by atoms with E-state index in [1.54, 1.807) is 12.0 Å². The predicted molar refractivity (Wildman–Crippen MR) is 148 cm³/mol. The average molecular weight is 553 g/mol. The van der Waals surface area contributed by atoms with Gasteiger partial charge in [0, 0.05) is 61.5 Å². The van der Waals surface area contributed by atoms with Crippen LogP contribution in [0, 0.1) is 12.8 Å². The first kappa shape index (κ1) is 26.8. The Hall–Kier alpha value is -3.84.